The smallest absolute Gasteiger partial charge is 0.352 e. The lowest BCUT2D eigenvalue weighted by Crippen LogP contribution is -2.36. The Labute approximate surface area is 133 Å². The first-order valence-electron chi connectivity index (χ1n) is 6.65. The summed E-state index contributed by atoms with van der Waals surface area (Å²) in [6, 6.07) is 5.20. The van der Waals surface area contributed by atoms with E-state index in [1.807, 2.05) is 0 Å². The van der Waals surface area contributed by atoms with E-state index in [1.165, 1.54) is 11.7 Å². The minimum Gasteiger partial charge on any atom is -0.493 e. The van der Waals surface area contributed by atoms with Gasteiger partial charge in [-0.15, -0.1) is 6.42 Å². The van der Waals surface area contributed by atoms with Crippen molar-refractivity contribution in [2.45, 2.75) is 0 Å². The van der Waals surface area contributed by atoms with Gasteiger partial charge < -0.3 is 9.47 Å². The molecule has 1 aromatic heterocycles. The van der Waals surface area contributed by atoms with E-state index in [2.05, 4.69) is 15.9 Å². The third kappa shape index (κ3) is 3.25. The third-order valence-electron chi connectivity index (χ3n) is 3.17. The first-order valence-corrected chi connectivity index (χ1v) is 6.65. The molecule has 2 aromatic rings. The summed E-state index contributed by atoms with van der Waals surface area (Å²) in [6.45, 7) is 0.0819. The summed E-state index contributed by atoms with van der Waals surface area (Å²) in [5.74, 6) is 9.64. The van der Waals surface area contributed by atoms with E-state index < -0.39 is 5.69 Å². The maximum Gasteiger partial charge on any atom is 0.352 e. The highest BCUT2D eigenvalue weighted by atomic mass is 16.5. The quantitative estimate of drug-likeness (QED) is 0.477. The van der Waals surface area contributed by atoms with E-state index in [1.54, 1.807) is 32.4 Å². The lowest BCUT2D eigenvalue weighted by atomic mass is 10.2. The first kappa shape index (κ1) is 16.3. The second-order valence-electron chi connectivity index (χ2n) is 4.59. The van der Waals surface area contributed by atoms with E-state index in [9.17, 15) is 4.79 Å². The van der Waals surface area contributed by atoms with Crippen molar-refractivity contribution in [1.82, 2.24) is 14.5 Å². The lowest BCUT2D eigenvalue weighted by molar-refractivity contribution is 0.355. The van der Waals surface area contributed by atoms with Crippen LogP contribution in [0.2, 0.25) is 0 Å². The molecule has 23 heavy (non-hydrogen) atoms. The van der Waals surface area contributed by atoms with Gasteiger partial charge in [0.2, 0.25) is 5.95 Å². The molecule has 0 fully saturated rings. The highest BCUT2D eigenvalue weighted by Crippen LogP contribution is 2.31. The van der Waals surface area contributed by atoms with Gasteiger partial charge in [-0.3, -0.25) is 9.58 Å². The van der Waals surface area contributed by atoms with Gasteiger partial charge in [-0.25, -0.2) is 10.6 Å². The summed E-state index contributed by atoms with van der Waals surface area (Å²) in [6.07, 6.45) is 5.21. The molecule has 0 saturated heterocycles. The summed E-state index contributed by atoms with van der Waals surface area (Å²) >= 11 is 0. The number of hydrogen-bond donors (Lipinski definition) is 1. The molecule has 0 atom stereocenters. The van der Waals surface area contributed by atoms with E-state index in [0.29, 0.717) is 22.9 Å². The van der Waals surface area contributed by atoms with Crippen LogP contribution in [0.15, 0.2) is 23.0 Å². The number of ether oxygens (including phenoxy) is 2. The Morgan fingerprint density at radius 3 is 2.61 bits per heavy atom. The lowest BCUT2D eigenvalue weighted by Gasteiger charge is -2.16. The zero-order valence-corrected chi connectivity index (χ0v) is 13.1. The molecule has 8 heteroatoms. The van der Waals surface area contributed by atoms with Crippen molar-refractivity contribution in [2.75, 3.05) is 25.8 Å². The fourth-order valence-electron chi connectivity index (χ4n) is 1.98. The largest absolute Gasteiger partial charge is 0.493 e. The Hall–Kier alpha value is -3.05. The Balaban J connectivity index is 2.59. The molecule has 2 N–H and O–H groups in total. The van der Waals surface area contributed by atoms with Crippen LogP contribution in [0.4, 0.5) is 5.95 Å². The van der Waals surface area contributed by atoms with Crippen LogP contribution in [-0.2, 0) is 7.05 Å². The SMILES string of the molecule is C#CCN(N)c1nc(-c2ccc(OC)c(OC)c2)n(C)c(=O)n1. The fourth-order valence-corrected chi connectivity index (χ4v) is 1.98. The molecule has 0 amide bonds. The van der Waals surface area contributed by atoms with Crippen LogP contribution in [0.1, 0.15) is 0 Å². The van der Waals surface area contributed by atoms with E-state index >= 15 is 0 Å². The van der Waals surface area contributed by atoms with Crippen LogP contribution in [0.3, 0.4) is 0 Å². The molecule has 0 aliphatic rings. The number of nitrogens with zero attached hydrogens (tertiary/aromatic N) is 4. The van der Waals surface area contributed by atoms with Gasteiger partial charge in [0.15, 0.2) is 11.5 Å². The first-order chi connectivity index (χ1) is 11.0. The second kappa shape index (κ2) is 6.81. The minimum absolute atomic E-state index is 0.0517. The van der Waals surface area contributed by atoms with Crippen molar-refractivity contribution in [3.05, 3.63) is 28.7 Å². The third-order valence-corrected chi connectivity index (χ3v) is 3.17. The molecule has 120 valence electrons. The molecule has 0 bridgehead atoms. The summed E-state index contributed by atoms with van der Waals surface area (Å²) in [5.41, 5.74) is 0.160. The van der Waals surface area contributed by atoms with Crippen molar-refractivity contribution < 1.29 is 9.47 Å². The van der Waals surface area contributed by atoms with Crippen LogP contribution in [0.25, 0.3) is 11.4 Å². The molecule has 0 unspecified atom stereocenters. The van der Waals surface area contributed by atoms with Gasteiger partial charge in [0.1, 0.15) is 5.82 Å². The van der Waals surface area contributed by atoms with Crippen LogP contribution in [0.5, 0.6) is 11.5 Å². The van der Waals surface area contributed by atoms with Crippen LogP contribution < -0.4 is 26.0 Å². The van der Waals surface area contributed by atoms with Gasteiger partial charge in [-0.1, -0.05) is 5.92 Å². The van der Waals surface area contributed by atoms with Gasteiger partial charge in [-0.2, -0.15) is 9.97 Å². The van der Waals surface area contributed by atoms with Gasteiger partial charge in [-0.05, 0) is 18.2 Å². The average Bonchev–Trinajstić information content (AvgIpc) is 2.56. The van der Waals surface area contributed by atoms with Gasteiger partial charge in [0, 0.05) is 12.6 Å². The monoisotopic (exact) mass is 315 g/mol. The van der Waals surface area contributed by atoms with E-state index in [0.717, 1.165) is 5.01 Å². The van der Waals surface area contributed by atoms with Crippen molar-refractivity contribution in [3.63, 3.8) is 0 Å². The standard InChI is InChI=1S/C15H17N5O3/c1-5-8-20(16)14-17-13(19(2)15(21)18-14)10-6-7-11(22-3)12(9-10)23-4/h1,6-7,9H,8,16H2,2-4H3. The predicted molar refractivity (Wildman–Crippen MR) is 86.2 cm³/mol. The van der Waals surface area contributed by atoms with Crippen molar-refractivity contribution in [3.8, 4) is 35.2 Å². The molecule has 0 radical (unpaired) electrons. The number of methoxy groups -OCH3 is 2. The van der Waals surface area contributed by atoms with Gasteiger partial charge in [0.05, 0.1) is 20.8 Å². The van der Waals surface area contributed by atoms with E-state index in [-0.39, 0.29) is 12.5 Å². The molecular weight excluding hydrogens is 298 g/mol. The summed E-state index contributed by atoms with van der Waals surface area (Å²) < 4.78 is 11.8. The van der Waals surface area contributed by atoms with Crippen molar-refractivity contribution in [2.24, 2.45) is 12.9 Å². The summed E-state index contributed by atoms with van der Waals surface area (Å²) in [5, 5.41) is 1.13. The molecule has 2 rings (SSSR count). The Morgan fingerprint density at radius 2 is 2.00 bits per heavy atom. The molecule has 1 aromatic carbocycles. The number of hydrazine groups is 1. The Morgan fingerprint density at radius 1 is 1.30 bits per heavy atom. The number of hydrogen-bond acceptors (Lipinski definition) is 7. The van der Waals surface area contributed by atoms with Gasteiger partial charge >= 0.3 is 5.69 Å². The Kier molecular flexibility index (Phi) is 4.83. The normalized spacial score (nSPS) is 10.0. The molecule has 0 saturated carbocycles. The molecule has 1 heterocycles. The zero-order valence-electron chi connectivity index (χ0n) is 13.1. The van der Waals surface area contributed by atoms with Gasteiger partial charge in [0.25, 0.3) is 0 Å². The van der Waals surface area contributed by atoms with E-state index in [4.69, 9.17) is 21.7 Å². The molecule has 0 aliphatic carbocycles. The average molecular weight is 315 g/mol. The second-order valence-corrected chi connectivity index (χ2v) is 4.59. The summed E-state index contributed by atoms with van der Waals surface area (Å²) in [7, 11) is 4.64. The molecule has 0 aliphatic heterocycles. The predicted octanol–water partition coefficient (Wildman–Crippen LogP) is 0.173. The highest BCUT2D eigenvalue weighted by Gasteiger charge is 2.14. The number of benzene rings is 1. The number of nitrogens with two attached hydrogens (primary N) is 1. The topological polar surface area (TPSA) is 95.5 Å². The van der Waals surface area contributed by atoms with Crippen molar-refractivity contribution in [1.29, 1.82) is 0 Å². The zero-order chi connectivity index (χ0) is 17.0. The van der Waals surface area contributed by atoms with Crippen LogP contribution in [0, 0.1) is 12.3 Å². The number of aromatic nitrogens is 3. The number of anilines is 1. The minimum atomic E-state index is -0.493. The number of rotatable bonds is 5. The fraction of sp³-hybridized carbons (Fsp3) is 0.267. The molecule has 8 nitrogen and oxygen atoms in total. The summed E-state index contributed by atoms with van der Waals surface area (Å²) in [4.78, 5) is 20.2. The highest BCUT2D eigenvalue weighted by molar-refractivity contribution is 5.62. The maximum absolute atomic E-state index is 12.0. The molecule has 0 spiro atoms. The van der Waals surface area contributed by atoms with Crippen LogP contribution in [-0.4, -0.2) is 35.3 Å². The molecular formula is C15H17N5O3. The maximum atomic E-state index is 12.0. The Bertz CT molecular complexity index is 810. The van der Waals surface area contributed by atoms with Crippen LogP contribution >= 0.6 is 0 Å². The van der Waals surface area contributed by atoms with Crippen molar-refractivity contribution >= 4 is 5.95 Å². The number of terminal acetylenes is 1.